The highest BCUT2D eigenvalue weighted by Crippen LogP contribution is 2.36. The summed E-state index contributed by atoms with van der Waals surface area (Å²) in [6.07, 6.45) is 4.75. The summed E-state index contributed by atoms with van der Waals surface area (Å²) in [5.74, 6) is -2.32. The molecule has 28 heavy (non-hydrogen) atoms. The summed E-state index contributed by atoms with van der Waals surface area (Å²) in [5, 5.41) is 8.01. The molecule has 0 radical (unpaired) electrons. The fourth-order valence-electron chi connectivity index (χ4n) is 3.67. The Bertz CT molecular complexity index is 1030. The number of hydrogen-bond acceptors (Lipinski definition) is 7. The lowest BCUT2D eigenvalue weighted by atomic mass is 9.85. The maximum Gasteiger partial charge on any atom is 0.330 e. The Hall–Kier alpha value is -3.36. The fourth-order valence-corrected chi connectivity index (χ4v) is 3.67. The molecular weight excluding hydrogens is 364 g/mol. The lowest BCUT2D eigenvalue weighted by Crippen LogP contribution is -2.44. The largest absolute Gasteiger partial charge is 0.441 e. The number of ether oxygens (including phenoxy) is 1. The maximum absolute atomic E-state index is 12.6. The zero-order valence-electron chi connectivity index (χ0n) is 15.1. The molecule has 0 saturated carbocycles. The van der Waals surface area contributed by atoms with Crippen LogP contribution >= 0.6 is 0 Å². The van der Waals surface area contributed by atoms with E-state index in [1.165, 1.54) is 6.92 Å². The van der Waals surface area contributed by atoms with Gasteiger partial charge in [-0.15, -0.1) is 5.10 Å². The number of aromatic nitrogens is 3. The molecule has 1 aromatic heterocycles. The molecule has 2 amide bonds. The molecule has 0 unspecified atom stereocenters. The summed E-state index contributed by atoms with van der Waals surface area (Å²) in [4.78, 5) is 50.9. The number of benzene rings is 1. The highest BCUT2D eigenvalue weighted by Gasteiger charge is 2.50. The molecule has 1 saturated heterocycles. The number of carbonyl (C=O) groups excluding carboxylic acids is 3. The minimum atomic E-state index is -1.07. The van der Waals surface area contributed by atoms with E-state index < -0.39 is 36.1 Å². The van der Waals surface area contributed by atoms with Crippen molar-refractivity contribution in [1.82, 2.24) is 19.9 Å². The quantitative estimate of drug-likeness (QED) is 0.433. The summed E-state index contributed by atoms with van der Waals surface area (Å²) in [5.41, 5.74) is -0.00982. The number of fused-ring (bicyclic) bond motifs is 2. The standard InChI is InChI=1S/C19H18N4O5/c1-11(23-17(25)12-6-2-3-7-13(12)18(23)26)19(27)28-10-22-16(24)14-8-4-5-9-15(14)20-21-22/h2-5,8-9,11-13H,6-7,10H2,1H3/t11-,12-,13+/m0/s1. The molecule has 1 aliphatic carbocycles. The van der Waals surface area contributed by atoms with E-state index >= 15 is 0 Å². The Labute approximate surface area is 159 Å². The molecule has 2 heterocycles. The molecule has 9 heteroatoms. The second-order valence-electron chi connectivity index (χ2n) is 6.88. The van der Waals surface area contributed by atoms with Crippen molar-refractivity contribution >= 4 is 28.7 Å². The first-order chi connectivity index (χ1) is 13.5. The van der Waals surface area contributed by atoms with Crippen LogP contribution in [-0.4, -0.2) is 43.7 Å². The monoisotopic (exact) mass is 382 g/mol. The summed E-state index contributed by atoms with van der Waals surface area (Å²) < 4.78 is 6.06. The van der Waals surface area contributed by atoms with Crippen molar-refractivity contribution in [2.75, 3.05) is 0 Å². The number of esters is 1. The van der Waals surface area contributed by atoms with Crippen LogP contribution in [-0.2, 0) is 25.9 Å². The molecule has 144 valence electrons. The van der Waals surface area contributed by atoms with Crippen LogP contribution in [0.2, 0.25) is 0 Å². The first-order valence-corrected chi connectivity index (χ1v) is 9.00. The van der Waals surface area contributed by atoms with Crippen molar-refractivity contribution in [2.24, 2.45) is 11.8 Å². The first kappa shape index (κ1) is 18.0. The lowest BCUT2D eigenvalue weighted by molar-refractivity contribution is -0.161. The van der Waals surface area contributed by atoms with Gasteiger partial charge in [-0.25, -0.2) is 4.79 Å². The van der Waals surface area contributed by atoms with Gasteiger partial charge in [0.05, 0.1) is 17.2 Å². The SMILES string of the molecule is C[C@@H](C(=O)OCn1nnc2ccccc2c1=O)N1C(=O)[C@H]2CC=CC[C@H]2C1=O. The Kier molecular flexibility index (Phi) is 4.50. The van der Waals surface area contributed by atoms with Crippen LogP contribution in [0.25, 0.3) is 10.9 Å². The summed E-state index contributed by atoms with van der Waals surface area (Å²) >= 11 is 0. The van der Waals surface area contributed by atoms with E-state index in [-0.39, 0.29) is 11.8 Å². The highest BCUT2D eigenvalue weighted by atomic mass is 16.5. The highest BCUT2D eigenvalue weighted by molar-refractivity contribution is 6.08. The third-order valence-corrected chi connectivity index (χ3v) is 5.23. The van der Waals surface area contributed by atoms with Crippen LogP contribution in [0.3, 0.4) is 0 Å². The summed E-state index contributed by atoms with van der Waals surface area (Å²) in [6, 6.07) is 5.61. The van der Waals surface area contributed by atoms with Crippen LogP contribution in [0.1, 0.15) is 19.8 Å². The minimum absolute atomic E-state index is 0.350. The van der Waals surface area contributed by atoms with E-state index in [1.54, 1.807) is 24.3 Å². The van der Waals surface area contributed by atoms with Gasteiger partial charge in [0.25, 0.3) is 5.56 Å². The zero-order chi connectivity index (χ0) is 19.8. The molecule has 1 fully saturated rings. The van der Waals surface area contributed by atoms with Crippen molar-refractivity contribution in [3.8, 4) is 0 Å². The summed E-state index contributed by atoms with van der Waals surface area (Å²) in [7, 11) is 0. The molecule has 4 rings (SSSR count). The van der Waals surface area contributed by atoms with E-state index in [0.29, 0.717) is 23.7 Å². The zero-order valence-corrected chi connectivity index (χ0v) is 15.1. The molecule has 9 nitrogen and oxygen atoms in total. The van der Waals surface area contributed by atoms with Crippen LogP contribution in [0.15, 0.2) is 41.2 Å². The molecule has 2 aliphatic rings. The Morgan fingerprint density at radius 3 is 2.46 bits per heavy atom. The van der Waals surface area contributed by atoms with Crippen LogP contribution < -0.4 is 5.56 Å². The number of hydrogen-bond donors (Lipinski definition) is 0. The first-order valence-electron chi connectivity index (χ1n) is 9.00. The molecular formula is C19H18N4O5. The van der Waals surface area contributed by atoms with Gasteiger partial charge in [-0.05, 0) is 31.9 Å². The van der Waals surface area contributed by atoms with Crippen molar-refractivity contribution in [3.63, 3.8) is 0 Å². The third kappa shape index (κ3) is 2.88. The topological polar surface area (TPSA) is 111 Å². The van der Waals surface area contributed by atoms with Crippen LogP contribution in [0.4, 0.5) is 0 Å². The number of carbonyl (C=O) groups is 3. The lowest BCUT2D eigenvalue weighted by Gasteiger charge is -2.21. The average molecular weight is 382 g/mol. The molecule has 1 aliphatic heterocycles. The van der Waals surface area contributed by atoms with Gasteiger partial charge >= 0.3 is 5.97 Å². The van der Waals surface area contributed by atoms with Gasteiger partial charge in [-0.2, -0.15) is 4.68 Å². The van der Waals surface area contributed by atoms with E-state index in [1.807, 2.05) is 12.2 Å². The van der Waals surface area contributed by atoms with Crippen molar-refractivity contribution in [2.45, 2.75) is 32.5 Å². The predicted molar refractivity (Wildman–Crippen MR) is 96.6 cm³/mol. The summed E-state index contributed by atoms with van der Waals surface area (Å²) in [6.45, 7) is 0.988. The Balaban J connectivity index is 1.47. The fraction of sp³-hybridized carbons (Fsp3) is 0.368. The normalized spacial score (nSPS) is 22.4. The van der Waals surface area contributed by atoms with Crippen LogP contribution in [0, 0.1) is 11.8 Å². The molecule has 0 N–H and O–H groups in total. The predicted octanol–water partition coefficient (Wildman–Crippen LogP) is 0.632. The number of imide groups is 1. The second kappa shape index (κ2) is 6.99. The number of amides is 2. The van der Waals surface area contributed by atoms with E-state index in [0.717, 1.165) is 9.58 Å². The Morgan fingerprint density at radius 2 is 1.79 bits per heavy atom. The van der Waals surface area contributed by atoms with Crippen molar-refractivity contribution in [3.05, 3.63) is 46.8 Å². The van der Waals surface area contributed by atoms with Gasteiger partial charge in [0, 0.05) is 0 Å². The van der Waals surface area contributed by atoms with Gasteiger partial charge in [-0.1, -0.05) is 29.5 Å². The van der Waals surface area contributed by atoms with Crippen molar-refractivity contribution in [1.29, 1.82) is 0 Å². The molecule has 0 bridgehead atoms. The maximum atomic E-state index is 12.6. The van der Waals surface area contributed by atoms with Gasteiger partial charge < -0.3 is 4.74 Å². The second-order valence-corrected chi connectivity index (χ2v) is 6.88. The van der Waals surface area contributed by atoms with Gasteiger partial charge in [0.1, 0.15) is 11.6 Å². The molecule has 2 aromatic rings. The molecule has 1 aromatic carbocycles. The Morgan fingerprint density at radius 1 is 1.14 bits per heavy atom. The number of nitrogens with zero attached hydrogens (tertiary/aromatic N) is 4. The minimum Gasteiger partial charge on any atom is -0.441 e. The van der Waals surface area contributed by atoms with Crippen molar-refractivity contribution < 1.29 is 19.1 Å². The van der Waals surface area contributed by atoms with Gasteiger partial charge in [0.15, 0.2) is 6.73 Å². The average Bonchev–Trinajstić information content (AvgIpc) is 2.97. The number of rotatable bonds is 4. The van der Waals surface area contributed by atoms with Crippen LogP contribution in [0.5, 0.6) is 0 Å². The smallest absolute Gasteiger partial charge is 0.330 e. The third-order valence-electron chi connectivity index (χ3n) is 5.23. The van der Waals surface area contributed by atoms with Gasteiger partial charge in [0.2, 0.25) is 11.8 Å². The molecule has 0 spiro atoms. The number of likely N-dealkylation sites (tertiary alicyclic amines) is 1. The van der Waals surface area contributed by atoms with Gasteiger partial charge in [-0.3, -0.25) is 19.3 Å². The van der Waals surface area contributed by atoms with E-state index in [9.17, 15) is 19.2 Å². The van der Waals surface area contributed by atoms with E-state index in [2.05, 4.69) is 10.3 Å². The number of allylic oxidation sites excluding steroid dienone is 2. The van der Waals surface area contributed by atoms with E-state index in [4.69, 9.17) is 4.74 Å². The molecule has 3 atom stereocenters.